The first-order chi connectivity index (χ1) is 13.9. The number of ether oxygens (including phenoxy) is 1. The van der Waals surface area contributed by atoms with Crippen molar-refractivity contribution < 1.29 is 13.9 Å². The minimum Gasteiger partial charge on any atom is -0.463 e. The second-order valence-corrected chi connectivity index (χ2v) is 6.77. The minimum atomic E-state index is -0.832. The lowest BCUT2D eigenvalue weighted by Crippen LogP contribution is -2.33. The van der Waals surface area contributed by atoms with E-state index in [4.69, 9.17) is 16.3 Å². The van der Waals surface area contributed by atoms with Gasteiger partial charge < -0.3 is 10.1 Å². The van der Waals surface area contributed by atoms with E-state index in [2.05, 4.69) is 10.4 Å². The fourth-order valence-electron chi connectivity index (χ4n) is 2.59. The molecule has 3 rings (SSSR count). The van der Waals surface area contributed by atoms with E-state index >= 15 is 0 Å². The predicted molar refractivity (Wildman–Crippen MR) is 109 cm³/mol. The van der Waals surface area contributed by atoms with Gasteiger partial charge in [-0.3, -0.25) is 9.59 Å². The summed E-state index contributed by atoms with van der Waals surface area (Å²) in [5, 5.41) is 7.44. The Kier molecular flexibility index (Phi) is 6.29. The predicted octanol–water partition coefficient (Wildman–Crippen LogP) is 4.13. The lowest BCUT2D eigenvalue weighted by molar-refractivity contribution is -0.123. The van der Waals surface area contributed by atoms with Gasteiger partial charge in [0.2, 0.25) is 5.88 Å². The number of hydrogen-bond donors (Lipinski definition) is 1. The number of rotatable bonds is 6. The molecule has 1 aromatic heterocycles. The first kappa shape index (κ1) is 20.5. The highest BCUT2D eigenvalue weighted by Crippen LogP contribution is 2.20. The van der Waals surface area contributed by atoms with Crippen molar-refractivity contribution >= 4 is 23.2 Å². The number of carbonyl (C=O) groups is 1. The average Bonchev–Trinajstić information content (AvgIpc) is 2.70. The number of nitrogens with zero attached hydrogens (tertiary/aromatic N) is 2. The van der Waals surface area contributed by atoms with Crippen LogP contribution in [0.5, 0.6) is 5.88 Å². The van der Waals surface area contributed by atoms with Gasteiger partial charge in [-0.15, -0.1) is 5.10 Å². The Balaban J connectivity index is 1.78. The Morgan fingerprint density at radius 1 is 1.21 bits per heavy atom. The number of benzene rings is 2. The summed E-state index contributed by atoms with van der Waals surface area (Å²) in [4.78, 5) is 24.7. The van der Waals surface area contributed by atoms with Crippen molar-refractivity contribution in [3.05, 3.63) is 81.4 Å². The molecule has 8 heteroatoms. The molecular weight excluding hydrogens is 397 g/mol. The van der Waals surface area contributed by atoms with Crippen LogP contribution in [0.2, 0.25) is 5.02 Å². The third-order valence-electron chi connectivity index (χ3n) is 4.21. The highest BCUT2D eigenvalue weighted by Gasteiger charge is 2.20. The summed E-state index contributed by atoms with van der Waals surface area (Å²) in [5.41, 5.74) is 1.43. The molecule has 29 heavy (non-hydrogen) atoms. The molecule has 0 unspecified atom stereocenters. The highest BCUT2D eigenvalue weighted by atomic mass is 35.5. The van der Waals surface area contributed by atoms with Crippen LogP contribution in [0.4, 0.5) is 10.1 Å². The van der Waals surface area contributed by atoms with E-state index in [1.165, 1.54) is 36.4 Å². The maximum absolute atomic E-state index is 13.1. The average molecular weight is 416 g/mol. The van der Waals surface area contributed by atoms with Crippen LogP contribution in [0.3, 0.4) is 0 Å². The molecule has 0 aliphatic heterocycles. The molecule has 6 nitrogen and oxygen atoms in total. The summed E-state index contributed by atoms with van der Waals surface area (Å²) in [7, 11) is 0. The SMILES string of the molecule is CC[C@@H](Oc1ccc(=O)n(-c2ccc(F)cc2)n1)C(=O)Nc1ccc(C)c(Cl)c1. The molecule has 3 aromatic rings. The van der Waals surface area contributed by atoms with Crippen LogP contribution in [0.15, 0.2) is 59.4 Å². The summed E-state index contributed by atoms with van der Waals surface area (Å²) >= 11 is 6.09. The molecule has 0 bridgehead atoms. The summed E-state index contributed by atoms with van der Waals surface area (Å²) < 4.78 is 19.9. The number of aromatic nitrogens is 2. The molecule has 2 aromatic carbocycles. The molecule has 0 saturated carbocycles. The first-order valence-electron chi connectivity index (χ1n) is 8.97. The number of nitrogens with one attached hydrogen (secondary N) is 1. The van der Waals surface area contributed by atoms with E-state index in [1.807, 2.05) is 6.92 Å². The summed E-state index contributed by atoms with van der Waals surface area (Å²) in [6, 6.07) is 13.2. The monoisotopic (exact) mass is 415 g/mol. The quantitative estimate of drug-likeness (QED) is 0.657. The fraction of sp³-hybridized carbons (Fsp3) is 0.190. The number of hydrogen-bond acceptors (Lipinski definition) is 4. The maximum Gasteiger partial charge on any atom is 0.271 e. The van der Waals surface area contributed by atoms with Gasteiger partial charge in [-0.2, -0.15) is 4.68 Å². The number of amides is 1. The fourth-order valence-corrected chi connectivity index (χ4v) is 2.77. The maximum atomic E-state index is 13.1. The van der Waals surface area contributed by atoms with Gasteiger partial charge in [-0.05, 0) is 55.3 Å². The van der Waals surface area contributed by atoms with Crippen molar-refractivity contribution in [3.63, 3.8) is 0 Å². The van der Waals surface area contributed by atoms with Gasteiger partial charge in [-0.1, -0.05) is 24.6 Å². The first-order valence-corrected chi connectivity index (χ1v) is 9.35. The van der Waals surface area contributed by atoms with E-state index in [-0.39, 0.29) is 11.8 Å². The second-order valence-electron chi connectivity index (χ2n) is 6.37. The van der Waals surface area contributed by atoms with Gasteiger partial charge in [0, 0.05) is 22.8 Å². The highest BCUT2D eigenvalue weighted by molar-refractivity contribution is 6.31. The normalized spacial score (nSPS) is 11.7. The molecule has 0 aliphatic carbocycles. The molecule has 1 heterocycles. The van der Waals surface area contributed by atoms with Crippen molar-refractivity contribution in [1.29, 1.82) is 0 Å². The third-order valence-corrected chi connectivity index (χ3v) is 4.62. The van der Waals surface area contributed by atoms with Crippen molar-refractivity contribution in [2.45, 2.75) is 26.4 Å². The van der Waals surface area contributed by atoms with E-state index in [0.717, 1.165) is 10.2 Å². The Hall–Kier alpha value is -3.19. The van der Waals surface area contributed by atoms with Crippen molar-refractivity contribution in [2.75, 3.05) is 5.32 Å². The van der Waals surface area contributed by atoms with Crippen LogP contribution >= 0.6 is 11.6 Å². The second kappa shape index (κ2) is 8.87. The van der Waals surface area contributed by atoms with E-state index in [0.29, 0.717) is 22.8 Å². The molecule has 150 valence electrons. The Labute approximate surface area is 171 Å². The standard InChI is InChI=1S/C21H19ClFN3O3/c1-3-18(21(28)24-15-7-4-13(2)17(22)12-15)29-19-10-11-20(27)26(25-19)16-8-5-14(23)6-9-16/h4-12,18H,3H2,1-2H3,(H,24,28)/t18-/m1/s1. The largest absolute Gasteiger partial charge is 0.463 e. The number of aryl methyl sites for hydroxylation is 1. The molecule has 1 atom stereocenters. The van der Waals surface area contributed by atoms with Crippen LogP contribution in [0.25, 0.3) is 5.69 Å². The molecular formula is C21H19ClFN3O3. The van der Waals surface area contributed by atoms with Crippen molar-refractivity contribution in [2.24, 2.45) is 0 Å². The van der Waals surface area contributed by atoms with Gasteiger partial charge >= 0.3 is 0 Å². The van der Waals surface area contributed by atoms with Crippen LogP contribution in [0.1, 0.15) is 18.9 Å². The van der Waals surface area contributed by atoms with Crippen LogP contribution in [-0.2, 0) is 4.79 Å². The number of carbonyl (C=O) groups excluding carboxylic acids is 1. The van der Waals surface area contributed by atoms with Gasteiger partial charge in [0.25, 0.3) is 11.5 Å². The molecule has 0 saturated heterocycles. The van der Waals surface area contributed by atoms with Crippen molar-refractivity contribution in [3.8, 4) is 11.6 Å². The Bertz CT molecular complexity index is 1080. The van der Waals surface area contributed by atoms with Gasteiger partial charge in [0.1, 0.15) is 5.82 Å². The molecule has 0 radical (unpaired) electrons. The zero-order chi connectivity index (χ0) is 21.0. The minimum absolute atomic E-state index is 0.0952. The van der Waals surface area contributed by atoms with Gasteiger partial charge in [0.15, 0.2) is 6.10 Å². The van der Waals surface area contributed by atoms with Gasteiger partial charge in [0.05, 0.1) is 5.69 Å². The molecule has 1 amide bonds. The smallest absolute Gasteiger partial charge is 0.271 e. The molecule has 0 aliphatic rings. The zero-order valence-electron chi connectivity index (χ0n) is 15.9. The van der Waals surface area contributed by atoms with Crippen molar-refractivity contribution in [1.82, 2.24) is 9.78 Å². The third kappa shape index (κ3) is 5.00. The Morgan fingerprint density at radius 2 is 1.93 bits per heavy atom. The van der Waals surface area contributed by atoms with Crippen LogP contribution in [-0.4, -0.2) is 21.8 Å². The Morgan fingerprint density at radius 3 is 2.59 bits per heavy atom. The summed E-state index contributed by atoms with van der Waals surface area (Å²) in [6.07, 6.45) is -0.454. The van der Waals surface area contributed by atoms with E-state index in [1.54, 1.807) is 25.1 Å². The molecule has 1 N–H and O–H groups in total. The van der Waals surface area contributed by atoms with Crippen LogP contribution < -0.4 is 15.6 Å². The number of halogens is 2. The number of anilines is 1. The lowest BCUT2D eigenvalue weighted by Gasteiger charge is -2.17. The summed E-state index contributed by atoms with van der Waals surface area (Å²) in [5.74, 6) is -0.695. The topological polar surface area (TPSA) is 73.2 Å². The molecule has 0 fully saturated rings. The van der Waals surface area contributed by atoms with E-state index in [9.17, 15) is 14.0 Å². The summed E-state index contributed by atoms with van der Waals surface area (Å²) in [6.45, 7) is 3.66. The van der Waals surface area contributed by atoms with Crippen LogP contribution in [0, 0.1) is 12.7 Å². The lowest BCUT2D eigenvalue weighted by atomic mass is 10.2. The van der Waals surface area contributed by atoms with Gasteiger partial charge in [-0.25, -0.2) is 4.39 Å². The van der Waals surface area contributed by atoms with E-state index < -0.39 is 17.5 Å². The zero-order valence-corrected chi connectivity index (χ0v) is 16.6. The molecule has 0 spiro atoms.